The summed E-state index contributed by atoms with van der Waals surface area (Å²) in [5.74, 6) is 0.0335. The third-order valence-electron chi connectivity index (χ3n) is 6.58. The number of nitrogens with zero attached hydrogens (tertiary/aromatic N) is 2. The highest BCUT2D eigenvalue weighted by Crippen LogP contribution is 2.25. The minimum Gasteiger partial charge on any atom is -0.497 e. The second-order valence-corrected chi connectivity index (χ2v) is 11.9. The van der Waals surface area contributed by atoms with E-state index in [1.54, 1.807) is 56.5 Å². The molecule has 0 aliphatic carbocycles. The van der Waals surface area contributed by atoms with E-state index in [1.807, 2.05) is 45.0 Å². The Bertz CT molecular complexity index is 1380. The van der Waals surface area contributed by atoms with Gasteiger partial charge in [0, 0.05) is 13.1 Å². The third-order valence-corrected chi connectivity index (χ3v) is 8.37. The lowest BCUT2D eigenvalue weighted by Gasteiger charge is -2.32. The lowest BCUT2D eigenvalue weighted by molar-refractivity contribution is -0.139. The molecule has 1 atom stereocenters. The molecule has 3 rings (SSSR count). The minimum atomic E-state index is -4.09. The van der Waals surface area contributed by atoms with Crippen LogP contribution in [0.4, 0.5) is 5.69 Å². The summed E-state index contributed by atoms with van der Waals surface area (Å²) in [6, 6.07) is 21.5. The predicted molar refractivity (Wildman–Crippen MR) is 158 cm³/mol. The number of ether oxygens (including phenoxy) is 1. The molecule has 2 amide bonds. The van der Waals surface area contributed by atoms with Gasteiger partial charge >= 0.3 is 0 Å². The maximum atomic E-state index is 14.0. The molecule has 0 saturated heterocycles. The number of carbonyl (C=O) groups is 2. The van der Waals surface area contributed by atoms with Gasteiger partial charge in [-0.05, 0) is 66.8 Å². The molecular weight excluding hydrogens is 526 g/mol. The van der Waals surface area contributed by atoms with E-state index in [1.165, 1.54) is 17.0 Å². The van der Waals surface area contributed by atoms with E-state index < -0.39 is 28.5 Å². The van der Waals surface area contributed by atoms with Crippen LogP contribution in [0, 0.1) is 5.92 Å². The Morgan fingerprint density at radius 1 is 0.900 bits per heavy atom. The van der Waals surface area contributed by atoms with E-state index in [2.05, 4.69) is 5.32 Å². The van der Waals surface area contributed by atoms with Crippen LogP contribution in [0.5, 0.6) is 5.75 Å². The van der Waals surface area contributed by atoms with Crippen LogP contribution in [-0.4, -0.2) is 51.4 Å². The van der Waals surface area contributed by atoms with Crippen LogP contribution in [0.3, 0.4) is 0 Å². The van der Waals surface area contributed by atoms with Crippen molar-refractivity contribution in [2.75, 3.05) is 24.5 Å². The van der Waals surface area contributed by atoms with Gasteiger partial charge in [0.15, 0.2) is 0 Å². The van der Waals surface area contributed by atoms with Crippen LogP contribution in [0.2, 0.25) is 0 Å². The van der Waals surface area contributed by atoms with Gasteiger partial charge in [-0.1, -0.05) is 63.2 Å². The van der Waals surface area contributed by atoms with Gasteiger partial charge in [-0.2, -0.15) is 0 Å². The molecule has 0 aliphatic rings. The average molecular weight is 566 g/mol. The highest BCUT2D eigenvalue weighted by atomic mass is 32.2. The number of benzene rings is 3. The van der Waals surface area contributed by atoms with Crippen molar-refractivity contribution in [1.29, 1.82) is 0 Å². The number of methoxy groups -OCH3 is 1. The molecule has 1 unspecified atom stereocenters. The topological polar surface area (TPSA) is 96.0 Å². The first-order chi connectivity index (χ1) is 19.1. The Labute approximate surface area is 238 Å². The normalized spacial score (nSPS) is 12.1. The molecule has 0 saturated carbocycles. The van der Waals surface area contributed by atoms with Gasteiger partial charge < -0.3 is 15.0 Å². The van der Waals surface area contributed by atoms with Crippen LogP contribution in [0.25, 0.3) is 0 Å². The average Bonchev–Trinajstić information content (AvgIpc) is 2.97. The van der Waals surface area contributed by atoms with E-state index in [9.17, 15) is 18.0 Å². The fourth-order valence-electron chi connectivity index (χ4n) is 4.15. The van der Waals surface area contributed by atoms with Crippen molar-refractivity contribution in [3.05, 3.63) is 90.0 Å². The summed E-state index contributed by atoms with van der Waals surface area (Å²) in [5.41, 5.74) is 2.16. The monoisotopic (exact) mass is 565 g/mol. The van der Waals surface area contributed by atoms with Gasteiger partial charge in [0.25, 0.3) is 10.0 Å². The Morgan fingerprint density at radius 2 is 1.57 bits per heavy atom. The number of carbonyl (C=O) groups excluding carboxylic acids is 2. The zero-order chi connectivity index (χ0) is 29.3. The molecule has 9 heteroatoms. The maximum absolute atomic E-state index is 14.0. The minimum absolute atomic E-state index is 0.0736. The zero-order valence-corrected chi connectivity index (χ0v) is 24.6. The van der Waals surface area contributed by atoms with E-state index in [4.69, 9.17) is 4.74 Å². The third kappa shape index (κ3) is 7.85. The van der Waals surface area contributed by atoms with Crippen LogP contribution in [-0.2, 0) is 32.6 Å². The number of rotatable bonds is 13. The largest absolute Gasteiger partial charge is 0.497 e. The first kappa shape index (κ1) is 30.7. The SMILES string of the molecule is CCc1ccc(N(CC(=O)N(Cc2cccc(OC)c2)C(C)C(=O)NCC(C)C)S(=O)(=O)c2ccccc2)cc1. The van der Waals surface area contributed by atoms with Crippen LogP contribution >= 0.6 is 0 Å². The predicted octanol–water partition coefficient (Wildman–Crippen LogP) is 4.64. The van der Waals surface area contributed by atoms with Gasteiger partial charge in [0.2, 0.25) is 11.8 Å². The molecule has 0 aliphatic heterocycles. The fraction of sp³-hybridized carbons (Fsp3) is 0.355. The van der Waals surface area contributed by atoms with Gasteiger partial charge in [-0.15, -0.1) is 0 Å². The molecule has 0 aromatic heterocycles. The number of aryl methyl sites for hydroxylation is 1. The molecule has 8 nitrogen and oxygen atoms in total. The summed E-state index contributed by atoms with van der Waals surface area (Å²) in [7, 11) is -2.53. The Morgan fingerprint density at radius 3 is 2.17 bits per heavy atom. The smallest absolute Gasteiger partial charge is 0.264 e. The first-order valence-corrected chi connectivity index (χ1v) is 14.9. The highest BCUT2D eigenvalue weighted by Gasteiger charge is 2.32. The lowest BCUT2D eigenvalue weighted by atomic mass is 10.1. The van der Waals surface area contributed by atoms with Crippen LogP contribution < -0.4 is 14.4 Å². The number of hydrogen-bond donors (Lipinski definition) is 1. The number of anilines is 1. The van der Waals surface area contributed by atoms with E-state index in [0.29, 0.717) is 18.0 Å². The highest BCUT2D eigenvalue weighted by molar-refractivity contribution is 7.92. The molecule has 3 aromatic rings. The first-order valence-electron chi connectivity index (χ1n) is 13.4. The van der Waals surface area contributed by atoms with Gasteiger partial charge in [-0.25, -0.2) is 8.42 Å². The molecule has 0 fully saturated rings. The molecule has 0 bridgehead atoms. The Hall–Kier alpha value is -3.85. The number of hydrogen-bond acceptors (Lipinski definition) is 5. The molecule has 0 radical (unpaired) electrons. The second kappa shape index (κ2) is 14.0. The van der Waals surface area contributed by atoms with Crippen molar-refractivity contribution in [3.63, 3.8) is 0 Å². The molecule has 40 heavy (non-hydrogen) atoms. The molecule has 3 aromatic carbocycles. The number of amides is 2. The van der Waals surface area contributed by atoms with Crippen LogP contribution in [0.15, 0.2) is 83.8 Å². The molecule has 0 spiro atoms. The summed E-state index contributed by atoms with van der Waals surface area (Å²) in [5, 5.41) is 2.89. The van der Waals surface area contributed by atoms with Crippen molar-refractivity contribution in [1.82, 2.24) is 10.2 Å². The van der Waals surface area contributed by atoms with Crippen molar-refractivity contribution < 1.29 is 22.7 Å². The van der Waals surface area contributed by atoms with Gasteiger partial charge in [0.05, 0.1) is 17.7 Å². The maximum Gasteiger partial charge on any atom is 0.264 e. The second-order valence-electron chi connectivity index (χ2n) is 10.0. The van der Waals surface area contributed by atoms with Crippen molar-refractivity contribution in [3.8, 4) is 5.75 Å². The number of sulfonamides is 1. The summed E-state index contributed by atoms with van der Waals surface area (Å²) in [4.78, 5) is 28.6. The Balaban J connectivity index is 2.01. The van der Waals surface area contributed by atoms with Crippen LogP contribution in [0.1, 0.15) is 38.8 Å². The van der Waals surface area contributed by atoms with Crippen molar-refractivity contribution in [2.45, 2.75) is 51.6 Å². The van der Waals surface area contributed by atoms with E-state index >= 15 is 0 Å². The van der Waals surface area contributed by atoms with Crippen molar-refractivity contribution >= 4 is 27.5 Å². The summed E-state index contributed by atoms with van der Waals surface area (Å²) in [6.07, 6.45) is 0.794. The van der Waals surface area contributed by atoms with Crippen molar-refractivity contribution in [2.24, 2.45) is 5.92 Å². The molecule has 1 N–H and O–H groups in total. The molecule has 214 valence electrons. The van der Waals surface area contributed by atoms with Gasteiger partial charge in [0.1, 0.15) is 18.3 Å². The standard InChI is InChI=1S/C31H39N3O5S/c1-6-25-15-17-27(18-16-25)34(40(37,38)29-13-8-7-9-14-29)22-30(35)33(24(4)31(36)32-20-23(2)3)21-26-11-10-12-28(19-26)39-5/h7-19,23-24H,6,20-22H2,1-5H3,(H,32,36). The summed E-state index contributed by atoms with van der Waals surface area (Å²) >= 11 is 0. The zero-order valence-electron chi connectivity index (χ0n) is 23.8. The summed E-state index contributed by atoms with van der Waals surface area (Å²) in [6.45, 7) is 7.72. The quantitative estimate of drug-likeness (QED) is 0.326. The summed E-state index contributed by atoms with van der Waals surface area (Å²) < 4.78 is 34.1. The number of nitrogens with one attached hydrogen (secondary N) is 1. The molecule has 0 heterocycles. The van der Waals surface area contributed by atoms with E-state index in [0.717, 1.165) is 21.9 Å². The van der Waals surface area contributed by atoms with Gasteiger partial charge in [-0.3, -0.25) is 13.9 Å². The lowest BCUT2D eigenvalue weighted by Crippen LogP contribution is -2.51. The molecular formula is C31H39N3O5S. The fourth-order valence-corrected chi connectivity index (χ4v) is 5.58. The Kier molecular flexibility index (Phi) is 10.7. The van der Waals surface area contributed by atoms with E-state index in [-0.39, 0.29) is 23.3 Å².